The highest BCUT2D eigenvalue weighted by molar-refractivity contribution is 7.89. The summed E-state index contributed by atoms with van der Waals surface area (Å²) in [5, 5.41) is 0. The van der Waals surface area contributed by atoms with Crippen molar-refractivity contribution in [2.45, 2.75) is 18.7 Å². The van der Waals surface area contributed by atoms with Crippen LogP contribution in [0, 0.1) is 0 Å². The van der Waals surface area contributed by atoms with E-state index in [0.29, 0.717) is 5.56 Å². The van der Waals surface area contributed by atoms with E-state index in [0.717, 1.165) is 11.1 Å². The van der Waals surface area contributed by atoms with Gasteiger partial charge >= 0.3 is 0 Å². The van der Waals surface area contributed by atoms with Gasteiger partial charge in [-0.1, -0.05) is 36.4 Å². The van der Waals surface area contributed by atoms with Crippen molar-refractivity contribution in [1.29, 1.82) is 0 Å². The molecule has 0 bridgehead atoms. The van der Waals surface area contributed by atoms with Gasteiger partial charge in [0.05, 0.1) is 4.90 Å². The van der Waals surface area contributed by atoms with Crippen LogP contribution in [0.1, 0.15) is 24.2 Å². The summed E-state index contributed by atoms with van der Waals surface area (Å²) in [6.45, 7) is 2.70. The number of hydrazine groups is 1. The number of carbonyl (C=O) groups excluding carboxylic acids is 2. The van der Waals surface area contributed by atoms with Crippen molar-refractivity contribution in [2.24, 2.45) is 0 Å². The molecule has 2 rings (SSSR count). The zero-order valence-electron chi connectivity index (χ0n) is 12.7. The second kappa shape index (κ2) is 6.72. The largest absolute Gasteiger partial charge is 0.295 e. The first-order valence-electron chi connectivity index (χ1n) is 6.79. The van der Waals surface area contributed by atoms with E-state index < -0.39 is 15.9 Å². The minimum atomic E-state index is -3.80. The first-order chi connectivity index (χ1) is 10.8. The molecule has 0 radical (unpaired) electrons. The van der Waals surface area contributed by atoms with E-state index in [9.17, 15) is 18.0 Å². The van der Waals surface area contributed by atoms with E-state index in [1.54, 1.807) is 36.4 Å². The fourth-order valence-corrected chi connectivity index (χ4v) is 2.81. The zero-order chi connectivity index (χ0) is 17.0. The van der Waals surface area contributed by atoms with E-state index in [2.05, 4.69) is 0 Å². The summed E-state index contributed by atoms with van der Waals surface area (Å²) >= 11 is 0. The highest BCUT2D eigenvalue weighted by Gasteiger charge is 2.14. The fraction of sp³-hybridized carbons (Fsp3) is 0.125. The Bertz CT molecular complexity index is 825. The lowest BCUT2D eigenvalue weighted by atomic mass is 10.0. The first-order valence-corrected chi connectivity index (χ1v) is 8.28. The van der Waals surface area contributed by atoms with E-state index >= 15 is 0 Å². The molecule has 0 aromatic heterocycles. The van der Waals surface area contributed by atoms with Gasteiger partial charge in [0.25, 0.3) is 10.0 Å². The zero-order valence-corrected chi connectivity index (χ0v) is 13.5. The minimum Gasteiger partial charge on any atom is -0.295 e. The van der Waals surface area contributed by atoms with Gasteiger partial charge in [0.15, 0.2) is 5.78 Å². The lowest BCUT2D eigenvalue weighted by Crippen LogP contribution is -2.40. The summed E-state index contributed by atoms with van der Waals surface area (Å²) in [4.78, 5) is 24.1. The summed E-state index contributed by atoms with van der Waals surface area (Å²) in [6.07, 6.45) is 0. The molecule has 7 heteroatoms. The van der Waals surface area contributed by atoms with Crippen LogP contribution in [0.2, 0.25) is 0 Å². The highest BCUT2D eigenvalue weighted by Crippen LogP contribution is 2.21. The van der Waals surface area contributed by atoms with Crippen LogP contribution in [-0.4, -0.2) is 20.1 Å². The molecule has 1 amide bonds. The molecule has 0 fully saturated rings. The normalized spacial score (nSPS) is 11.0. The molecule has 2 N–H and O–H groups in total. The van der Waals surface area contributed by atoms with Gasteiger partial charge < -0.3 is 0 Å². The number of Topliss-reactive ketones (excluding diaryl/α,β-unsaturated/α-hetero) is 1. The maximum absolute atomic E-state index is 11.9. The molecule has 0 aliphatic heterocycles. The minimum absolute atomic E-state index is 0.0120. The Morgan fingerprint density at radius 3 is 1.74 bits per heavy atom. The van der Waals surface area contributed by atoms with E-state index in [-0.39, 0.29) is 10.7 Å². The molecule has 2 aromatic rings. The summed E-state index contributed by atoms with van der Waals surface area (Å²) < 4.78 is 23.9. The SMILES string of the molecule is CC(=O)NNS(=O)(=O)c1ccc(-c2ccc(C(C)=O)cc2)cc1. The summed E-state index contributed by atoms with van der Waals surface area (Å²) in [5.74, 6) is -0.516. The Hall–Kier alpha value is -2.51. The van der Waals surface area contributed by atoms with Crippen molar-refractivity contribution in [3.05, 3.63) is 54.1 Å². The molecule has 0 spiro atoms. The molecule has 2 aromatic carbocycles. The van der Waals surface area contributed by atoms with Crippen molar-refractivity contribution in [2.75, 3.05) is 0 Å². The number of nitrogens with one attached hydrogen (secondary N) is 2. The van der Waals surface area contributed by atoms with Gasteiger partial charge in [0.2, 0.25) is 5.91 Å². The van der Waals surface area contributed by atoms with Crippen LogP contribution in [0.3, 0.4) is 0 Å². The summed E-state index contributed by atoms with van der Waals surface area (Å²) in [7, 11) is -3.80. The third-order valence-corrected chi connectivity index (χ3v) is 4.41. The van der Waals surface area contributed by atoms with Crippen LogP contribution in [0.4, 0.5) is 0 Å². The Labute approximate surface area is 134 Å². The van der Waals surface area contributed by atoms with Crippen LogP contribution >= 0.6 is 0 Å². The van der Waals surface area contributed by atoms with E-state index in [1.807, 2.05) is 10.3 Å². The van der Waals surface area contributed by atoms with Crippen LogP contribution < -0.4 is 10.3 Å². The second-order valence-corrected chi connectivity index (χ2v) is 6.63. The van der Waals surface area contributed by atoms with Crippen LogP contribution in [0.15, 0.2) is 53.4 Å². The number of ketones is 1. The van der Waals surface area contributed by atoms with E-state index in [1.165, 1.54) is 26.0 Å². The average molecular weight is 332 g/mol. The van der Waals surface area contributed by atoms with Crippen LogP contribution in [0.5, 0.6) is 0 Å². The van der Waals surface area contributed by atoms with Crippen molar-refractivity contribution in [3.8, 4) is 11.1 Å². The second-order valence-electron chi connectivity index (χ2n) is 4.94. The maximum atomic E-state index is 11.9. The first kappa shape index (κ1) is 16.9. The van der Waals surface area contributed by atoms with Gasteiger partial charge in [-0.3, -0.25) is 15.0 Å². The van der Waals surface area contributed by atoms with Gasteiger partial charge in [0, 0.05) is 12.5 Å². The molecule has 0 aliphatic carbocycles. The summed E-state index contributed by atoms with van der Waals surface area (Å²) in [6, 6.07) is 13.2. The van der Waals surface area contributed by atoms with Gasteiger partial charge in [-0.2, -0.15) is 0 Å². The molecule has 23 heavy (non-hydrogen) atoms. The Morgan fingerprint density at radius 2 is 1.30 bits per heavy atom. The number of benzene rings is 2. The van der Waals surface area contributed by atoms with E-state index in [4.69, 9.17) is 0 Å². The van der Waals surface area contributed by atoms with Crippen molar-refractivity contribution < 1.29 is 18.0 Å². The number of amides is 1. The molecule has 0 unspecified atom stereocenters. The molecular weight excluding hydrogens is 316 g/mol. The lowest BCUT2D eigenvalue weighted by molar-refractivity contribution is -0.119. The Morgan fingerprint density at radius 1 is 0.826 bits per heavy atom. The molecule has 0 heterocycles. The molecule has 6 nitrogen and oxygen atoms in total. The lowest BCUT2D eigenvalue weighted by Gasteiger charge is -2.08. The third kappa shape index (κ3) is 4.24. The Balaban J connectivity index is 2.22. The predicted molar refractivity (Wildman–Crippen MR) is 86.0 cm³/mol. The summed E-state index contributed by atoms with van der Waals surface area (Å²) in [5.41, 5.74) is 4.34. The van der Waals surface area contributed by atoms with Crippen molar-refractivity contribution in [3.63, 3.8) is 0 Å². The van der Waals surface area contributed by atoms with Gasteiger partial charge in [0.1, 0.15) is 0 Å². The standard InChI is InChI=1S/C16H16N2O4S/c1-11(19)13-3-5-14(6-4-13)15-7-9-16(10-8-15)23(21,22)18-17-12(2)20/h3-10,18H,1-2H3,(H,17,20). The number of hydrogen-bond donors (Lipinski definition) is 2. The maximum Gasteiger partial charge on any atom is 0.257 e. The molecule has 0 saturated heterocycles. The predicted octanol–water partition coefficient (Wildman–Crippen LogP) is 1.89. The van der Waals surface area contributed by atoms with Crippen molar-refractivity contribution >= 4 is 21.7 Å². The van der Waals surface area contributed by atoms with Crippen LogP contribution in [-0.2, 0) is 14.8 Å². The van der Waals surface area contributed by atoms with Gasteiger partial charge in [-0.15, -0.1) is 4.83 Å². The smallest absolute Gasteiger partial charge is 0.257 e. The quantitative estimate of drug-likeness (QED) is 0.646. The topological polar surface area (TPSA) is 92.3 Å². The molecule has 120 valence electrons. The fourth-order valence-electron chi connectivity index (χ4n) is 1.92. The number of carbonyl (C=O) groups is 2. The monoisotopic (exact) mass is 332 g/mol. The third-order valence-electron chi connectivity index (χ3n) is 3.15. The van der Waals surface area contributed by atoms with Gasteiger partial charge in [-0.05, 0) is 30.2 Å². The average Bonchev–Trinajstić information content (AvgIpc) is 2.53. The highest BCUT2D eigenvalue weighted by atomic mass is 32.2. The van der Waals surface area contributed by atoms with Crippen molar-refractivity contribution in [1.82, 2.24) is 10.3 Å². The number of rotatable bonds is 5. The molecular formula is C16H16N2O4S. The molecule has 0 aliphatic rings. The molecule has 0 saturated carbocycles. The van der Waals surface area contributed by atoms with Gasteiger partial charge in [-0.25, -0.2) is 8.42 Å². The number of hydrogen-bond acceptors (Lipinski definition) is 4. The Kier molecular flexibility index (Phi) is 4.92. The van der Waals surface area contributed by atoms with Crippen LogP contribution in [0.25, 0.3) is 11.1 Å². The molecule has 0 atom stereocenters. The number of sulfonamides is 1.